The van der Waals surface area contributed by atoms with Gasteiger partial charge in [0.15, 0.2) is 0 Å². The van der Waals surface area contributed by atoms with Crippen molar-refractivity contribution in [1.29, 1.82) is 0 Å². The Kier molecular flexibility index (Phi) is 7.66. The minimum Gasteiger partial charge on any atom is -0.248 e. The van der Waals surface area contributed by atoms with E-state index < -0.39 is 0 Å². The number of allylic oxidation sites excluding steroid dienone is 12. The first-order valence-corrected chi connectivity index (χ1v) is 17.7. The molecule has 4 heteroatoms. The third-order valence-electron chi connectivity index (χ3n) is 9.84. The highest BCUT2D eigenvalue weighted by atomic mass is 14.9. The van der Waals surface area contributed by atoms with Crippen molar-refractivity contribution >= 4 is 45.1 Å². The molecule has 8 bridgehead atoms. The predicted molar refractivity (Wildman–Crippen MR) is 219 cm³/mol. The Morgan fingerprint density at radius 3 is 0.731 bits per heavy atom. The molecule has 5 aliphatic heterocycles. The van der Waals surface area contributed by atoms with Gasteiger partial charge in [-0.2, -0.15) is 0 Å². The molecule has 0 aromatic heterocycles. The zero-order chi connectivity index (χ0) is 35.3. The van der Waals surface area contributed by atoms with E-state index in [0.717, 1.165) is 90.2 Å². The van der Waals surface area contributed by atoms with Gasteiger partial charge in [0, 0.05) is 22.3 Å². The quantitative estimate of drug-likeness (QED) is 0.208. The third-order valence-corrected chi connectivity index (χ3v) is 9.84. The van der Waals surface area contributed by atoms with Crippen LogP contribution in [0.4, 0.5) is 0 Å². The third kappa shape index (κ3) is 5.69. The van der Waals surface area contributed by atoms with Crippen LogP contribution in [0.2, 0.25) is 0 Å². The van der Waals surface area contributed by atoms with Gasteiger partial charge in [0.1, 0.15) is 0 Å². The van der Waals surface area contributed by atoms with Gasteiger partial charge in [0.05, 0.1) is 45.6 Å². The summed E-state index contributed by atoms with van der Waals surface area (Å²) in [4.78, 5) is 21.6. The maximum atomic E-state index is 5.39. The summed E-state index contributed by atoms with van der Waals surface area (Å²) in [6.07, 6.45) is 17.0. The second kappa shape index (κ2) is 12.7. The van der Waals surface area contributed by atoms with Gasteiger partial charge < -0.3 is 0 Å². The lowest BCUT2D eigenvalue weighted by Gasteiger charge is -2.13. The maximum absolute atomic E-state index is 5.39. The van der Waals surface area contributed by atoms with Gasteiger partial charge >= 0.3 is 0 Å². The molecule has 0 unspecified atom stereocenters. The minimum absolute atomic E-state index is 0.868. The van der Waals surface area contributed by atoms with Crippen molar-refractivity contribution in [1.82, 2.24) is 0 Å². The normalized spacial score (nSPS) is 17.5. The highest BCUT2D eigenvalue weighted by molar-refractivity contribution is 6.39. The molecule has 5 aliphatic rings. The van der Waals surface area contributed by atoms with Crippen molar-refractivity contribution < 1.29 is 0 Å². The van der Waals surface area contributed by atoms with Crippen molar-refractivity contribution in [3.8, 4) is 0 Å². The molecule has 9 rings (SSSR count). The maximum Gasteiger partial charge on any atom is 0.0738 e. The zero-order valence-corrected chi connectivity index (χ0v) is 29.6. The second-order valence-electron chi connectivity index (χ2n) is 13.8. The van der Waals surface area contributed by atoms with Crippen molar-refractivity contribution in [2.24, 2.45) is 20.0 Å². The average Bonchev–Trinajstić information content (AvgIpc) is 3.96. The molecule has 4 nitrogen and oxygen atoms in total. The smallest absolute Gasteiger partial charge is 0.0738 e. The summed E-state index contributed by atoms with van der Waals surface area (Å²) in [5, 5.41) is 0. The number of rotatable bonds is 4. The van der Waals surface area contributed by atoms with E-state index in [1.54, 1.807) is 0 Å². The molecule has 0 aliphatic carbocycles. The number of nitrogens with zero attached hydrogens (tertiary/aromatic N) is 4. The fourth-order valence-corrected chi connectivity index (χ4v) is 7.47. The summed E-state index contributed by atoms with van der Waals surface area (Å²) < 4.78 is 0. The van der Waals surface area contributed by atoms with Gasteiger partial charge in [0.25, 0.3) is 0 Å². The van der Waals surface area contributed by atoms with Crippen LogP contribution in [0, 0.1) is 27.7 Å². The first kappa shape index (κ1) is 31.5. The fourth-order valence-electron chi connectivity index (χ4n) is 7.47. The molecule has 0 radical (unpaired) electrons. The highest BCUT2D eigenvalue weighted by Crippen LogP contribution is 2.39. The van der Waals surface area contributed by atoms with Crippen LogP contribution in [0.15, 0.2) is 188 Å². The van der Waals surface area contributed by atoms with E-state index in [0.29, 0.717) is 0 Å². The van der Waals surface area contributed by atoms with E-state index >= 15 is 0 Å². The second-order valence-corrected chi connectivity index (χ2v) is 13.8. The molecule has 0 spiro atoms. The Bertz CT molecular complexity index is 2270. The summed E-state index contributed by atoms with van der Waals surface area (Å²) in [6.45, 7) is 8.50. The lowest BCUT2D eigenvalue weighted by molar-refractivity contribution is 1.39. The molecule has 0 atom stereocenters. The van der Waals surface area contributed by atoms with Gasteiger partial charge in [-0.1, -0.05) is 119 Å². The van der Waals surface area contributed by atoms with Crippen LogP contribution in [-0.2, 0) is 0 Å². The van der Waals surface area contributed by atoms with Crippen molar-refractivity contribution in [3.05, 3.63) is 213 Å². The van der Waals surface area contributed by atoms with Crippen LogP contribution in [-0.4, -0.2) is 22.8 Å². The number of aliphatic imine (C=N–C) groups is 4. The Morgan fingerprint density at radius 1 is 0.288 bits per heavy atom. The SMILES string of the molecule is Cc1cccc(C2=C3C=CC(=N3)C(c3cccc(C)c3)=C3C=CC(=N3)C(c3cccc(C)c3)=C3C=CC(=N3)C(c3cccc(C)c3)=C3C=CC2=N3)c1. The fraction of sp³-hybridized carbons (Fsp3) is 0.0833. The number of hydrogen-bond acceptors (Lipinski definition) is 4. The van der Waals surface area contributed by atoms with E-state index in [1.807, 2.05) is 0 Å². The molecule has 4 aromatic rings. The zero-order valence-electron chi connectivity index (χ0n) is 29.6. The van der Waals surface area contributed by atoms with E-state index in [2.05, 4.69) is 173 Å². The molecule has 0 N–H and O–H groups in total. The van der Waals surface area contributed by atoms with Crippen molar-refractivity contribution in [3.63, 3.8) is 0 Å². The molecular weight excluding hydrogens is 633 g/mol. The Hall–Kier alpha value is -6.52. The van der Waals surface area contributed by atoms with Gasteiger partial charge in [-0.15, -0.1) is 0 Å². The standard InChI is InChI=1S/C48H36N4/c1-29-9-5-13-33(25-29)45-37-17-19-39(49-37)46(34-14-6-10-30(2)26-34)41-21-23-43(51-41)48(36-16-8-12-32(4)28-36)44-24-22-42(52-44)47(40-20-18-38(45)50-40)35-15-7-11-31(3)27-35/h5-28H,1-4H3. The minimum atomic E-state index is 0.868. The van der Waals surface area contributed by atoms with Crippen LogP contribution in [0.5, 0.6) is 0 Å². The van der Waals surface area contributed by atoms with E-state index in [4.69, 9.17) is 20.0 Å². The van der Waals surface area contributed by atoms with Crippen LogP contribution >= 0.6 is 0 Å². The van der Waals surface area contributed by atoms with E-state index in [9.17, 15) is 0 Å². The summed E-state index contributed by atoms with van der Waals surface area (Å²) in [7, 11) is 0. The highest BCUT2D eigenvalue weighted by Gasteiger charge is 2.27. The summed E-state index contributed by atoms with van der Waals surface area (Å²) in [5.41, 5.74) is 19.9. The number of hydrogen-bond donors (Lipinski definition) is 0. The molecule has 0 amide bonds. The summed E-state index contributed by atoms with van der Waals surface area (Å²) in [6, 6.07) is 34.4. The Balaban J connectivity index is 1.38. The average molecular weight is 669 g/mol. The topological polar surface area (TPSA) is 49.4 Å². The number of benzene rings is 4. The van der Waals surface area contributed by atoms with Gasteiger partial charge in [0.2, 0.25) is 0 Å². The van der Waals surface area contributed by atoms with Gasteiger partial charge in [-0.3, -0.25) is 0 Å². The first-order chi connectivity index (χ1) is 25.4. The molecule has 248 valence electrons. The molecule has 4 aromatic carbocycles. The molecule has 52 heavy (non-hydrogen) atoms. The molecule has 0 saturated heterocycles. The lowest BCUT2D eigenvalue weighted by atomic mass is 9.97. The number of fused-ring (bicyclic) bond motifs is 4. The monoisotopic (exact) mass is 668 g/mol. The van der Waals surface area contributed by atoms with Crippen molar-refractivity contribution in [2.75, 3.05) is 0 Å². The van der Waals surface area contributed by atoms with Gasteiger partial charge in [-0.05, 0) is 98.6 Å². The van der Waals surface area contributed by atoms with E-state index in [1.165, 1.54) is 22.3 Å². The van der Waals surface area contributed by atoms with Crippen LogP contribution in [0.25, 0.3) is 22.3 Å². The summed E-state index contributed by atoms with van der Waals surface area (Å²) >= 11 is 0. The Labute approximate surface area is 304 Å². The lowest BCUT2D eigenvalue weighted by Crippen LogP contribution is -2.04. The van der Waals surface area contributed by atoms with Crippen molar-refractivity contribution in [2.45, 2.75) is 27.7 Å². The molecular formula is C48H36N4. The van der Waals surface area contributed by atoms with E-state index in [-0.39, 0.29) is 0 Å². The summed E-state index contributed by atoms with van der Waals surface area (Å²) in [5.74, 6) is 0. The molecule has 0 fully saturated rings. The predicted octanol–water partition coefficient (Wildman–Crippen LogP) is 10.9. The largest absolute Gasteiger partial charge is 0.248 e. The van der Waals surface area contributed by atoms with Crippen LogP contribution < -0.4 is 0 Å². The number of aryl methyl sites for hydroxylation is 4. The molecule has 0 saturated carbocycles. The van der Waals surface area contributed by atoms with Crippen LogP contribution in [0.3, 0.4) is 0 Å². The van der Waals surface area contributed by atoms with Crippen LogP contribution in [0.1, 0.15) is 44.5 Å². The Morgan fingerprint density at radius 2 is 0.519 bits per heavy atom. The first-order valence-electron chi connectivity index (χ1n) is 17.7. The molecule has 5 heterocycles. The van der Waals surface area contributed by atoms with Gasteiger partial charge in [-0.25, -0.2) is 20.0 Å².